The number of piperidine rings is 1. The highest BCUT2D eigenvalue weighted by Gasteiger charge is 2.40. The minimum atomic E-state index is -0.684. The highest BCUT2D eigenvalue weighted by Crippen LogP contribution is 2.34. The van der Waals surface area contributed by atoms with Gasteiger partial charge in [0.05, 0.1) is 22.5 Å². The molecule has 3 aliphatic rings. The van der Waals surface area contributed by atoms with Gasteiger partial charge in [0.15, 0.2) is 0 Å². The molecule has 0 aliphatic carbocycles. The van der Waals surface area contributed by atoms with Crippen molar-refractivity contribution in [3.63, 3.8) is 0 Å². The first-order chi connectivity index (χ1) is 16.9. The average Bonchev–Trinajstić information content (AvgIpc) is 3.17. The van der Waals surface area contributed by atoms with Gasteiger partial charge in [-0.05, 0) is 29.7 Å². The zero-order valence-electron chi connectivity index (χ0n) is 20.3. The summed E-state index contributed by atoms with van der Waals surface area (Å²) in [6.45, 7) is 3.83. The Bertz CT molecular complexity index is 1160. The van der Waals surface area contributed by atoms with Crippen molar-refractivity contribution < 1.29 is 26.6 Å². The lowest BCUT2D eigenvalue weighted by Crippen LogP contribution is -2.52. The fourth-order valence-electron chi connectivity index (χ4n) is 4.45. The van der Waals surface area contributed by atoms with Crippen LogP contribution in [0.1, 0.15) is 42.6 Å². The number of nitrogens with zero attached hydrogens (tertiary/aromatic N) is 2. The first-order valence-corrected chi connectivity index (χ1v) is 11.2. The number of carbonyl (C=O) groups excluding carboxylic acids is 3. The molecular weight excluding hydrogens is 422 g/mol. The third-order valence-electron chi connectivity index (χ3n) is 6.28. The third kappa shape index (κ3) is 4.62. The molecular formula is C25H27N3O5. The summed E-state index contributed by atoms with van der Waals surface area (Å²) in [5.74, 6) is -0.499. The molecule has 3 heterocycles. The largest absolute Gasteiger partial charge is 0.489 e. The molecule has 1 N–H and O–H groups in total. The Kier molecular flexibility index (Phi) is 5.44. The molecule has 0 spiro atoms. The van der Waals surface area contributed by atoms with Crippen molar-refractivity contribution in [2.24, 2.45) is 0 Å². The van der Waals surface area contributed by atoms with Gasteiger partial charge in [0.2, 0.25) is 11.8 Å². The zero-order valence-corrected chi connectivity index (χ0v) is 18.3. The molecule has 0 saturated carbocycles. The molecule has 1 unspecified atom stereocenters. The van der Waals surface area contributed by atoms with Crippen LogP contribution in [-0.2, 0) is 34.0 Å². The molecule has 0 aromatic heterocycles. The van der Waals surface area contributed by atoms with E-state index in [0.717, 1.165) is 13.1 Å². The van der Waals surface area contributed by atoms with E-state index in [1.54, 1.807) is 30.3 Å². The number of rotatable bonds is 6. The van der Waals surface area contributed by atoms with Gasteiger partial charge in [-0.25, -0.2) is 0 Å². The van der Waals surface area contributed by atoms with Crippen LogP contribution in [0.2, 0.25) is 0 Å². The maximum atomic E-state index is 13.0. The van der Waals surface area contributed by atoms with Crippen LogP contribution in [-0.4, -0.2) is 59.9 Å². The summed E-state index contributed by atoms with van der Waals surface area (Å²) in [6.07, 6.45) is 0.502. The monoisotopic (exact) mass is 451 g/mol. The van der Waals surface area contributed by atoms with E-state index in [4.69, 9.17) is 12.2 Å². The fourth-order valence-corrected chi connectivity index (χ4v) is 4.45. The lowest BCUT2D eigenvalue weighted by molar-refractivity contribution is -0.136. The van der Waals surface area contributed by atoms with Crippen molar-refractivity contribution in [2.45, 2.75) is 38.6 Å². The van der Waals surface area contributed by atoms with E-state index in [-0.39, 0.29) is 31.4 Å². The first-order valence-electron chi connectivity index (χ1n) is 12.2. The highest BCUT2D eigenvalue weighted by molar-refractivity contribution is 6.05. The Morgan fingerprint density at radius 3 is 2.64 bits per heavy atom. The topological polar surface area (TPSA) is 88.2 Å². The van der Waals surface area contributed by atoms with Crippen LogP contribution in [0.15, 0.2) is 42.4 Å². The summed E-state index contributed by atoms with van der Waals surface area (Å²) in [7, 11) is 0. The molecule has 1 atom stereocenters. The molecule has 5 rings (SSSR count). The molecule has 33 heavy (non-hydrogen) atoms. The van der Waals surface area contributed by atoms with Gasteiger partial charge in [0, 0.05) is 37.2 Å². The van der Waals surface area contributed by atoms with Gasteiger partial charge in [-0.1, -0.05) is 30.3 Å². The second kappa shape index (κ2) is 9.33. The molecule has 8 nitrogen and oxygen atoms in total. The third-order valence-corrected chi connectivity index (χ3v) is 6.28. The Labute approximate surface area is 195 Å². The van der Waals surface area contributed by atoms with E-state index in [1.807, 2.05) is 0 Å². The second-order valence-electron chi connectivity index (χ2n) is 8.49. The second-order valence-corrected chi connectivity index (χ2v) is 8.49. The normalized spacial score (nSPS) is 22.0. The summed E-state index contributed by atoms with van der Waals surface area (Å²) in [4.78, 5) is 40.4. The molecule has 3 amide bonds. The van der Waals surface area contributed by atoms with Crippen LogP contribution in [0.5, 0.6) is 5.75 Å². The molecule has 2 saturated heterocycles. The summed E-state index contributed by atoms with van der Waals surface area (Å²) in [5, 5.41) is 2.31. The SMILES string of the molecule is [2H]c1cc(COc2cccc3c2CN(C2CCC(=O)NC2=O)C3=O)cc([2H])c1CN1CCOCC1. The summed E-state index contributed by atoms with van der Waals surface area (Å²) < 4.78 is 28.3. The van der Waals surface area contributed by atoms with Crippen molar-refractivity contribution >= 4 is 17.7 Å². The standard InChI is InChI=1S/C25H27N3O5/c29-23-9-8-21(24(30)26-23)28-15-20-19(25(28)31)2-1-3-22(20)33-16-18-6-4-17(5-7-18)14-27-10-12-32-13-11-27/h1-7,21H,8-16H2,(H,26,29,30)/i4D,5D. The molecule has 2 aromatic carbocycles. The van der Waals surface area contributed by atoms with Gasteiger partial charge < -0.3 is 14.4 Å². The number of imide groups is 1. The summed E-state index contributed by atoms with van der Waals surface area (Å²) >= 11 is 0. The smallest absolute Gasteiger partial charge is 0.255 e. The number of hydrogen-bond donors (Lipinski definition) is 1. The van der Waals surface area contributed by atoms with E-state index in [9.17, 15) is 14.4 Å². The summed E-state index contributed by atoms with van der Waals surface area (Å²) in [5.41, 5.74) is 2.56. The molecule has 0 radical (unpaired) electrons. The maximum Gasteiger partial charge on any atom is 0.255 e. The number of fused-ring (bicyclic) bond motifs is 1. The van der Waals surface area contributed by atoms with Crippen molar-refractivity contribution in [2.75, 3.05) is 26.3 Å². The maximum absolute atomic E-state index is 13.0. The Morgan fingerprint density at radius 1 is 1.09 bits per heavy atom. The number of carbonyl (C=O) groups is 3. The number of hydrogen-bond acceptors (Lipinski definition) is 6. The van der Waals surface area contributed by atoms with Crippen LogP contribution < -0.4 is 10.1 Å². The Morgan fingerprint density at radius 2 is 1.88 bits per heavy atom. The van der Waals surface area contributed by atoms with Crippen molar-refractivity contribution in [1.29, 1.82) is 0 Å². The van der Waals surface area contributed by atoms with Gasteiger partial charge in [-0.2, -0.15) is 0 Å². The Hall–Kier alpha value is -3.23. The number of morpholine rings is 1. The summed E-state index contributed by atoms with van der Waals surface area (Å²) in [6, 6.07) is 8.58. The van der Waals surface area contributed by atoms with Crippen LogP contribution in [0.25, 0.3) is 0 Å². The van der Waals surface area contributed by atoms with Gasteiger partial charge in [0.1, 0.15) is 18.4 Å². The fraction of sp³-hybridized carbons (Fsp3) is 0.400. The minimum absolute atomic E-state index is 0.151. The zero-order chi connectivity index (χ0) is 24.5. The quantitative estimate of drug-likeness (QED) is 0.675. The molecule has 8 heteroatoms. The van der Waals surface area contributed by atoms with Gasteiger partial charge in [-0.3, -0.25) is 24.6 Å². The number of benzene rings is 2. The first kappa shape index (κ1) is 19.3. The average molecular weight is 452 g/mol. The van der Waals surface area contributed by atoms with E-state index < -0.39 is 11.9 Å². The van der Waals surface area contributed by atoms with E-state index in [1.165, 1.54) is 4.90 Å². The van der Waals surface area contributed by atoms with Crippen molar-refractivity contribution in [3.05, 3.63) is 64.7 Å². The van der Waals surface area contributed by atoms with Crippen LogP contribution >= 0.6 is 0 Å². The predicted octanol–water partition coefficient (Wildman–Crippen LogP) is 1.86. The van der Waals surface area contributed by atoms with Crippen molar-refractivity contribution in [1.82, 2.24) is 15.1 Å². The van der Waals surface area contributed by atoms with E-state index in [0.29, 0.717) is 66.3 Å². The lowest BCUT2D eigenvalue weighted by Gasteiger charge is -2.29. The number of amides is 3. The number of ether oxygens (including phenoxy) is 2. The molecule has 2 aromatic rings. The number of nitrogens with one attached hydrogen (secondary N) is 1. The van der Waals surface area contributed by atoms with Gasteiger partial charge in [0.25, 0.3) is 5.91 Å². The Balaban J connectivity index is 1.28. The van der Waals surface area contributed by atoms with Gasteiger partial charge in [-0.15, -0.1) is 0 Å². The molecule has 3 aliphatic heterocycles. The van der Waals surface area contributed by atoms with Crippen LogP contribution in [0, 0.1) is 0 Å². The van der Waals surface area contributed by atoms with Crippen molar-refractivity contribution in [3.8, 4) is 5.75 Å². The van der Waals surface area contributed by atoms with E-state index in [2.05, 4.69) is 10.2 Å². The molecule has 0 bridgehead atoms. The highest BCUT2D eigenvalue weighted by atomic mass is 16.5. The van der Waals surface area contributed by atoms with E-state index >= 15 is 0 Å². The van der Waals surface area contributed by atoms with Crippen LogP contribution in [0.3, 0.4) is 0 Å². The van der Waals surface area contributed by atoms with Gasteiger partial charge >= 0.3 is 0 Å². The molecule has 2 fully saturated rings. The predicted molar refractivity (Wildman–Crippen MR) is 119 cm³/mol. The minimum Gasteiger partial charge on any atom is -0.489 e. The molecule has 172 valence electrons. The lowest BCUT2D eigenvalue weighted by atomic mass is 10.0. The van der Waals surface area contributed by atoms with Crippen LogP contribution in [0.4, 0.5) is 0 Å².